The molecule has 0 bridgehead atoms. The maximum atomic E-state index is 12.8. The van der Waals surface area contributed by atoms with Crippen LogP contribution in [0.15, 0.2) is 36.9 Å². The number of aromatic carboxylic acids is 1. The van der Waals surface area contributed by atoms with Crippen molar-refractivity contribution in [1.29, 1.82) is 0 Å². The molecule has 4 rings (SSSR count). The van der Waals surface area contributed by atoms with Gasteiger partial charge < -0.3 is 5.11 Å². The first kappa shape index (κ1) is 19.6. The number of hydrogen-bond donors (Lipinski definition) is 1. The van der Waals surface area contributed by atoms with Gasteiger partial charge in [-0.1, -0.05) is 0 Å². The van der Waals surface area contributed by atoms with E-state index in [0.29, 0.717) is 28.1 Å². The van der Waals surface area contributed by atoms with Gasteiger partial charge in [-0.2, -0.15) is 18.3 Å². The van der Waals surface area contributed by atoms with E-state index in [2.05, 4.69) is 15.1 Å². The minimum Gasteiger partial charge on any atom is -0.478 e. The van der Waals surface area contributed by atoms with Crippen molar-refractivity contribution in [1.82, 2.24) is 19.7 Å². The van der Waals surface area contributed by atoms with Crippen molar-refractivity contribution in [2.45, 2.75) is 26.2 Å². The van der Waals surface area contributed by atoms with Crippen LogP contribution in [0, 0.1) is 6.92 Å². The molecule has 0 spiro atoms. The Kier molecular flexibility index (Phi) is 4.52. The number of amides is 1. The second-order valence-electron chi connectivity index (χ2n) is 6.82. The van der Waals surface area contributed by atoms with Crippen molar-refractivity contribution in [3.8, 4) is 11.3 Å². The van der Waals surface area contributed by atoms with Gasteiger partial charge in [0.05, 0.1) is 40.9 Å². The van der Waals surface area contributed by atoms with E-state index in [-0.39, 0.29) is 23.7 Å². The number of anilines is 1. The molecule has 0 fully saturated rings. The number of aromatic nitrogens is 4. The van der Waals surface area contributed by atoms with Crippen molar-refractivity contribution in [2.75, 3.05) is 4.90 Å². The van der Waals surface area contributed by atoms with Gasteiger partial charge in [0.25, 0.3) is 5.91 Å². The Morgan fingerprint density at radius 2 is 2.00 bits per heavy atom. The third-order valence-corrected chi connectivity index (χ3v) is 4.61. The second kappa shape index (κ2) is 6.94. The Labute approximate surface area is 167 Å². The molecule has 4 heterocycles. The average molecular weight is 417 g/mol. The van der Waals surface area contributed by atoms with Crippen LogP contribution in [0.4, 0.5) is 18.9 Å². The highest BCUT2D eigenvalue weighted by Gasteiger charge is 2.34. The minimum absolute atomic E-state index is 0.00207. The normalized spacial score (nSPS) is 13.6. The highest BCUT2D eigenvalue weighted by atomic mass is 19.4. The molecule has 0 aliphatic carbocycles. The fourth-order valence-corrected chi connectivity index (χ4v) is 3.32. The third-order valence-electron chi connectivity index (χ3n) is 4.61. The van der Waals surface area contributed by atoms with Gasteiger partial charge in [0.2, 0.25) is 0 Å². The lowest BCUT2D eigenvalue weighted by molar-refractivity contribution is -0.142. The summed E-state index contributed by atoms with van der Waals surface area (Å²) in [5.74, 6) is -1.51. The van der Waals surface area contributed by atoms with Crippen molar-refractivity contribution < 1.29 is 27.9 Å². The molecule has 3 aromatic heterocycles. The first-order valence-electron chi connectivity index (χ1n) is 8.72. The molecule has 1 aliphatic heterocycles. The van der Waals surface area contributed by atoms with Crippen molar-refractivity contribution >= 4 is 17.6 Å². The summed E-state index contributed by atoms with van der Waals surface area (Å²) < 4.78 is 38.4. The summed E-state index contributed by atoms with van der Waals surface area (Å²) in [4.78, 5) is 33.7. The number of fused-ring (bicyclic) bond motifs is 1. The number of alkyl halides is 3. The van der Waals surface area contributed by atoms with Crippen LogP contribution in [0.1, 0.15) is 32.0 Å². The molecule has 154 valence electrons. The Morgan fingerprint density at radius 3 is 2.70 bits per heavy atom. The van der Waals surface area contributed by atoms with Gasteiger partial charge in [-0.25, -0.2) is 4.79 Å². The van der Waals surface area contributed by atoms with Gasteiger partial charge in [-0.15, -0.1) is 0 Å². The van der Waals surface area contributed by atoms with Crippen LogP contribution in [-0.4, -0.2) is 42.9 Å². The number of nitrogens with zero attached hydrogens (tertiary/aromatic N) is 5. The van der Waals surface area contributed by atoms with Gasteiger partial charge in [-0.3, -0.25) is 24.3 Å². The molecule has 0 aromatic carbocycles. The first-order valence-corrected chi connectivity index (χ1v) is 8.72. The predicted molar refractivity (Wildman–Crippen MR) is 98.0 cm³/mol. The summed E-state index contributed by atoms with van der Waals surface area (Å²) in [5.41, 5.74) is 2.59. The number of carboxylic acid groups (broad SMARTS) is 1. The lowest BCUT2D eigenvalue weighted by Gasteiger charge is -2.12. The van der Waals surface area contributed by atoms with Crippen LogP contribution in [0.5, 0.6) is 0 Å². The van der Waals surface area contributed by atoms with Crippen LogP contribution in [0.2, 0.25) is 0 Å². The molecule has 1 N–H and O–H groups in total. The van der Waals surface area contributed by atoms with E-state index in [1.165, 1.54) is 29.6 Å². The number of hydrogen-bond acceptors (Lipinski definition) is 5. The number of rotatable bonds is 4. The largest absolute Gasteiger partial charge is 0.478 e. The molecule has 30 heavy (non-hydrogen) atoms. The number of carbonyl (C=O) groups is 2. The summed E-state index contributed by atoms with van der Waals surface area (Å²) in [5, 5.41) is 12.8. The van der Waals surface area contributed by atoms with Gasteiger partial charge >= 0.3 is 12.1 Å². The molecule has 1 aliphatic rings. The molecule has 0 atom stereocenters. The van der Waals surface area contributed by atoms with E-state index in [0.717, 1.165) is 10.9 Å². The van der Waals surface area contributed by atoms with E-state index < -0.39 is 18.7 Å². The van der Waals surface area contributed by atoms with Gasteiger partial charge in [0.15, 0.2) is 0 Å². The number of pyridine rings is 2. The number of carbonyl (C=O) groups excluding carboxylic acids is 1. The van der Waals surface area contributed by atoms with Crippen LogP contribution < -0.4 is 4.90 Å². The fourth-order valence-electron chi connectivity index (χ4n) is 3.32. The summed E-state index contributed by atoms with van der Waals surface area (Å²) in [6, 6.07) is 3.08. The average Bonchev–Trinajstić information content (AvgIpc) is 3.24. The van der Waals surface area contributed by atoms with Crippen molar-refractivity contribution in [2.24, 2.45) is 0 Å². The standard InChI is InChI=1S/C19H14F3N5O3/c1-10-2-14(11-3-12(18(29)30)5-23-4-11)25-15-8-27(17(28)16(10)15)13-6-24-26(7-13)9-19(20,21)22/h2-7H,8-9H2,1H3,(H,29,30). The molecule has 0 unspecified atom stereocenters. The van der Waals surface area contributed by atoms with Crippen molar-refractivity contribution in [3.05, 3.63) is 59.3 Å². The third kappa shape index (κ3) is 3.61. The molecule has 11 heteroatoms. The SMILES string of the molecule is Cc1cc(-c2cncc(C(=O)O)c2)nc2c1C(=O)N(c1cnn(CC(F)(F)F)c1)C2. The van der Waals surface area contributed by atoms with Gasteiger partial charge in [0, 0.05) is 24.2 Å². The number of halogens is 3. The summed E-state index contributed by atoms with van der Waals surface area (Å²) in [7, 11) is 0. The Morgan fingerprint density at radius 1 is 1.23 bits per heavy atom. The smallest absolute Gasteiger partial charge is 0.408 e. The molecule has 3 aromatic rings. The maximum Gasteiger partial charge on any atom is 0.408 e. The zero-order valence-corrected chi connectivity index (χ0v) is 15.5. The second-order valence-corrected chi connectivity index (χ2v) is 6.82. The van der Waals surface area contributed by atoms with Crippen LogP contribution >= 0.6 is 0 Å². The quantitative estimate of drug-likeness (QED) is 0.700. The van der Waals surface area contributed by atoms with Crippen molar-refractivity contribution in [3.63, 3.8) is 0 Å². The zero-order chi connectivity index (χ0) is 21.6. The highest BCUT2D eigenvalue weighted by molar-refractivity contribution is 6.10. The molecule has 0 saturated heterocycles. The van der Waals surface area contributed by atoms with Crippen LogP contribution in [0.3, 0.4) is 0 Å². The summed E-state index contributed by atoms with van der Waals surface area (Å²) >= 11 is 0. The lowest BCUT2D eigenvalue weighted by atomic mass is 10.0. The van der Waals surface area contributed by atoms with E-state index in [9.17, 15) is 22.8 Å². The minimum atomic E-state index is -4.42. The molecule has 1 amide bonds. The topological polar surface area (TPSA) is 101 Å². The Bertz CT molecular complexity index is 1170. The van der Waals surface area contributed by atoms with Gasteiger partial charge in [-0.05, 0) is 24.6 Å². The van der Waals surface area contributed by atoms with E-state index in [1.807, 2.05) is 0 Å². The van der Waals surface area contributed by atoms with E-state index >= 15 is 0 Å². The predicted octanol–water partition coefficient (Wildman–Crippen LogP) is 3.07. The van der Waals surface area contributed by atoms with Crippen LogP contribution in [-0.2, 0) is 13.1 Å². The Hall–Kier alpha value is -3.76. The molecule has 0 radical (unpaired) electrons. The fraction of sp³-hybridized carbons (Fsp3) is 0.211. The summed E-state index contributed by atoms with van der Waals surface area (Å²) in [6.07, 6.45) is 0.624. The Balaban J connectivity index is 1.66. The monoisotopic (exact) mass is 417 g/mol. The summed E-state index contributed by atoms with van der Waals surface area (Å²) in [6.45, 7) is 0.524. The lowest BCUT2D eigenvalue weighted by Crippen LogP contribution is -2.23. The highest BCUT2D eigenvalue weighted by Crippen LogP contribution is 2.32. The number of carboxylic acids is 1. The van der Waals surface area contributed by atoms with E-state index in [4.69, 9.17) is 5.11 Å². The van der Waals surface area contributed by atoms with Crippen LogP contribution in [0.25, 0.3) is 11.3 Å². The molecular weight excluding hydrogens is 403 g/mol. The molecular formula is C19H14F3N5O3. The van der Waals surface area contributed by atoms with E-state index in [1.54, 1.807) is 13.0 Å². The van der Waals surface area contributed by atoms with Gasteiger partial charge in [0.1, 0.15) is 6.54 Å². The first-order chi connectivity index (χ1) is 14.1. The molecule has 8 nitrogen and oxygen atoms in total. The zero-order valence-electron chi connectivity index (χ0n) is 15.5. The maximum absolute atomic E-state index is 12.8. The molecule has 0 saturated carbocycles. The number of aryl methyl sites for hydroxylation is 1.